The summed E-state index contributed by atoms with van der Waals surface area (Å²) in [6.45, 7) is 1.08. The number of carboxylic acids is 2. The molecule has 0 unspecified atom stereocenters. The van der Waals surface area contributed by atoms with Gasteiger partial charge < -0.3 is 15.1 Å². The van der Waals surface area contributed by atoms with Crippen LogP contribution >= 0.6 is 23.1 Å². The molecule has 0 bridgehead atoms. The van der Waals surface area contributed by atoms with Gasteiger partial charge in [-0.2, -0.15) is 0 Å². The van der Waals surface area contributed by atoms with Crippen LogP contribution in [0.15, 0.2) is 40.9 Å². The zero-order chi connectivity index (χ0) is 17.9. The van der Waals surface area contributed by atoms with Gasteiger partial charge in [0.1, 0.15) is 0 Å². The summed E-state index contributed by atoms with van der Waals surface area (Å²) < 4.78 is 0. The minimum atomic E-state index is -1.82. The molecule has 8 heteroatoms. The topological polar surface area (TPSA) is 90.7 Å². The van der Waals surface area contributed by atoms with Gasteiger partial charge in [-0.15, -0.1) is 23.1 Å². The van der Waals surface area contributed by atoms with Crippen LogP contribution in [-0.4, -0.2) is 58.4 Å². The Bertz CT molecular complexity index is 633. The summed E-state index contributed by atoms with van der Waals surface area (Å²) in [6.07, 6.45) is 2.88. The molecule has 24 heavy (non-hydrogen) atoms. The fourth-order valence-electron chi connectivity index (χ4n) is 1.61. The molecule has 6 nitrogen and oxygen atoms in total. The van der Waals surface area contributed by atoms with Crippen molar-refractivity contribution in [3.05, 3.63) is 46.3 Å². The lowest BCUT2D eigenvalue weighted by molar-refractivity contribution is -0.159. The molecule has 0 aliphatic carbocycles. The molecule has 2 heterocycles. The standard InChI is InChI=1S/C14H18N2S2.C2H2O4/c1-16(2)8-10-18-14-12(5-3-7-15-14)11-13-6-4-9-17-13;3-1(4)2(5)6/h3-7,9H,8,10-11H2,1-2H3;(H,3,4)(H,5,6). The first-order valence-corrected chi connectivity index (χ1v) is 8.96. The van der Waals surface area contributed by atoms with Gasteiger partial charge >= 0.3 is 11.9 Å². The van der Waals surface area contributed by atoms with Crippen molar-refractivity contribution >= 4 is 35.0 Å². The lowest BCUT2D eigenvalue weighted by atomic mass is 10.2. The Kier molecular flexibility index (Phi) is 9.06. The van der Waals surface area contributed by atoms with E-state index in [1.54, 1.807) is 0 Å². The fraction of sp³-hybridized carbons (Fsp3) is 0.312. The lowest BCUT2D eigenvalue weighted by Gasteiger charge is -2.10. The number of thioether (sulfide) groups is 1. The summed E-state index contributed by atoms with van der Waals surface area (Å²) in [7, 11) is 4.21. The molecule has 2 aromatic rings. The van der Waals surface area contributed by atoms with Crippen LogP contribution in [0.25, 0.3) is 0 Å². The maximum atomic E-state index is 9.10. The predicted molar refractivity (Wildman–Crippen MR) is 95.9 cm³/mol. The van der Waals surface area contributed by atoms with Crippen molar-refractivity contribution in [2.75, 3.05) is 26.4 Å². The molecular weight excluding hydrogens is 348 g/mol. The van der Waals surface area contributed by atoms with Crippen LogP contribution in [0.1, 0.15) is 10.4 Å². The number of thiophene rings is 1. The van der Waals surface area contributed by atoms with Crippen molar-refractivity contribution in [3.63, 3.8) is 0 Å². The third-order valence-corrected chi connectivity index (χ3v) is 4.66. The van der Waals surface area contributed by atoms with Gasteiger partial charge in [0.25, 0.3) is 0 Å². The Balaban J connectivity index is 0.000000413. The van der Waals surface area contributed by atoms with Crippen molar-refractivity contribution < 1.29 is 19.8 Å². The van der Waals surface area contributed by atoms with Gasteiger partial charge in [0.15, 0.2) is 0 Å². The molecular formula is C16H20N2O4S2. The second kappa shape index (κ2) is 10.8. The third-order valence-electron chi connectivity index (χ3n) is 2.75. The molecule has 0 spiro atoms. The van der Waals surface area contributed by atoms with E-state index < -0.39 is 11.9 Å². The average molecular weight is 368 g/mol. The second-order valence-electron chi connectivity index (χ2n) is 4.99. The van der Waals surface area contributed by atoms with E-state index in [2.05, 4.69) is 47.6 Å². The lowest BCUT2D eigenvalue weighted by Crippen LogP contribution is -2.14. The number of carbonyl (C=O) groups is 2. The molecule has 2 aromatic heterocycles. The number of hydrogen-bond donors (Lipinski definition) is 2. The van der Waals surface area contributed by atoms with Gasteiger partial charge in [0, 0.05) is 29.8 Å². The number of carboxylic acid groups (broad SMARTS) is 2. The van der Waals surface area contributed by atoms with Gasteiger partial charge in [-0.1, -0.05) is 12.1 Å². The van der Waals surface area contributed by atoms with Crippen molar-refractivity contribution in [3.8, 4) is 0 Å². The minimum Gasteiger partial charge on any atom is -0.473 e. The van der Waals surface area contributed by atoms with E-state index in [1.807, 2.05) is 35.4 Å². The third kappa shape index (κ3) is 8.09. The summed E-state index contributed by atoms with van der Waals surface area (Å²) in [5.74, 6) is -2.56. The van der Waals surface area contributed by atoms with Gasteiger partial charge in [0.2, 0.25) is 0 Å². The maximum absolute atomic E-state index is 9.10. The molecule has 0 aliphatic heterocycles. The summed E-state index contributed by atoms with van der Waals surface area (Å²) in [6, 6.07) is 8.50. The van der Waals surface area contributed by atoms with E-state index in [0.29, 0.717) is 0 Å². The first-order valence-electron chi connectivity index (χ1n) is 7.10. The van der Waals surface area contributed by atoms with Gasteiger partial charge in [-0.3, -0.25) is 0 Å². The summed E-state index contributed by atoms with van der Waals surface area (Å²) in [5, 5.41) is 18.1. The molecule has 0 aliphatic rings. The van der Waals surface area contributed by atoms with E-state index in [4.69, 9.17) is 19.8 Å². The minimum absolute atomic E-state index is 0.996. The van der Waals surface area contributed by atoms with Crippen LogP contribution in [0.5, 0.6) is 0 Å². The van der Waals surface area contributed by atoms with E-state index in [0.717, 1.165) is 18.7 Å². The molecule has 2 rings (SSSR count). The van der Waals surface area contributed by atoms with Gasteiger partial charge in [-0.25, -0.2) is 14.6 Å². The molecule has 0 atom stereocenters. The molecule has 0 aromatic carbocycles. The Morgan fingerprint density at radius 3 is 2.46 bits per heavy atom. The van der Waals surface area contributed by atoms with E-state index in [-0.39, 0.29) is 0 Å². The van der Waals surface area contributed by atoms with Gasteiger partial charge in [-0.05, 0) is 37.2 Å². The van der Waals surface area contributed by atoms with Crippen LogP contribution in [0.2, 0.25) is 0 Å². The molecule has 0 saturated heterocycles. The number of aromatic nitrogens is 1. The predicted octanol–water partition coefficient (Wildman–Crippen LogP) is 2.54. The Hall–Kier alpha value is -1.90. The number of rotatable bonds is 6. The highest BCUT2D eigenvalue weighted by Crippen LogP contribution is 2.23. The highest BCUT2D eigenvalue weighted by molar-refractivity contribution is 7.99. The average Bonchev–Trinajstić information content (AvgIpc) is 3.02. The molecule has 0 radical (unpaired) electrons. The SMILES string of the molecule is CN(C)CCSc1ncccc1Cc1cccs1.O=C(O)C(=O)O. The van der Waals surface area contributed by atoms with Crippen LogP contribution in [0, 0.1) is 0 Å². The van der Waals surface area contributed by atoms with Crippen LogP contribution < -0.4 is 0 Å². The Morgan fingerprint density at radius 1 is 1.21 bits per heavy atom. The van der Waals surface area contributed by atoms with Crippen LogP contribution in [-0.2, 0) is 16.0 Å². The van der Waals surface area contributed by atoms with Crippen molar-refractivity contribution in [1.82, 2.24) is 9.88 Å². The van der Waals surface area contributed by atoms with Crippen molar-refractivity contribution in [2.45, 2.75) is 11.4 Å². The molecule has 0 saturated carbocycles. The monoisotopic (exact) mass is 368 g/mol. The second-order valence-corrected chi connectivity index (χ2v) is 7.10. The van der Waals surface area contributed by atoms with Crippen molar-refractivity contribution in [1.29, 1.82) is 0 Å². The zero-order valence-electron chi connectivity index (χ0n) is 13.5. The Labute approximate surface area is 149 Å². The molecule has 2 N–H and O–H groups in total. The smallest absolute Gasteiger partial charge is 0.414 e. The van der Waals surface area contributed by atoms with Gasteiger partial charge in [0.05, 0.1) is 5.03 Å². The first-order chi connectivity index (χ1) is 11.4. The van der Waals surface area contributed by atoms with Crippen molar-refractivity contribution in [2.24, 2.45) is 0 Å². The Morgan fingerprint density at radius 2 is 1.92 bits per heavy atom. The summed E-state index contributed by atoms with van der Waals surface area (Å²) >= 11 is 3.66. The van der Waals surface area contributed by atoms with E-state index in [9.17, 15) is 0 Å². The normalized spacial score (nSPS) is 10.1. The zero-order valence-corrected chi connectivity index (χ0v) is 15.1. The van der Waals surface area contributed by atoms with Crippen LogP contribution in [0.3, 0.4) is 0 Å². The molecule has 0 fully saturated rings. The number of pyridine rings is 1. The highest BCUT2D eigenvalue weighted by atomic mass is 32.2. The van der Waals surface area contributed by atoms with Crippen LogP contribution in [0.4, 0.5) is 0 Å². The first kappa shape index (κ1) is 20.1. The largest absolute Gasteiger partial charge is 0.473 e. The quantitative estimate of drug-likeness (QED) is 0.598. The molecule has 130 valence electrons. The van der Waals surface area contributed by atoms with E-state index >= 15 is 0 Å². The summed E-state index contributed by atoms with van der Waals surface area (Å²) in [4.78, 5) is 26.3. The van der Waals surface area contributed by atoms with E-state index in [1.165, 1.54) is 15.5 Å². The maximum Gasteiger partial charge on any atom is 0.414 e. The number of hydrogen-bond acceptors (Lipinski definition) is 6. The summed E-state index contributed by atoms with van der Waals surface area (Å²) in [5.41, 5.74) is 1.34. The highest BCUT2D eigenvalue weighted by Gasteiger charge is 2.06. The molecule has 0 amide bonds. The number of nitrogens with zero attached hydrogens (tertiary/aromatic N) is 2. The number of aliphatic carboxylic acids is 2. The fourth-order valence-corrected chi connectivity index (χ4v) is 3.45.